The number of methoxy groups -OCH3 is 1. The fourth-order valence-electron chi connectivity index (χ4n) is 3.50. The van der Waals surface area contributed by atoms with E-state index in [0.717, 1.165) is 34.7 Å². The summed E-state index contributed by atoms with van der Waals surface area (Å²) in [6.07, 6.45) is 2.33. The number of nitrogens with zero attached hydrogens (tertiary/aromatic N) is 2. The molecule has 0 saturated carbocycles. The summed E-state index contributed by atoms with van der Waals surface area (Å²) in [6.45, 7) is 1.81. The second-order valence-electron chi connectivity index (χ2n) is 6.97. The molecule has 4 rings (SSSR count). The lowest BCUT2D eigenvalue weighted by Crippen LogP contribution is -2.36. The summed E-state index contributed by atoms with van der Waals surface area (Å²) < 4.78 is 10.6. The minimum absolute atomic E-state index is 0.0808. The van der Waals surface area contributed by atoms with Crippen LogP contribution in [0.15, 0.2) is 24.3 Å². The molecule has 1 aromatic carbocycles. The molecule has 148 valence electrons. The highest BCUT2D eigenvalue weighted by Crippen LogP contribution is 2.29. The Balaban J connectivity index is 1.38. The maximum Gasteiger partial charge on any atom is 0.255 e. The van der Waals surface area contributed by atoms with Gasteiger partial charge >= 0.3 is 0 Å². The van der Waals surface area contributed by atoms with E-state index in [2.05, 4.69) is 10.3 Å². The lowest BCUT2D eigenvalue weighted by molar-refractivity contribution is -0.131. The first kappa shape index (κ1) is 18.9. The van der Waals surface area contributed by atoms with Gasteiger partial charge in [0.25, 0.3) is 5.91 Å². The van der Waals surface area contributed by atoms with Crippen LogP contribution in [0, 0.1) is 0 Å². The summed E-state index contributed by atoms with van der Waals surface area (Å²) in [6, 6.07) is 7.58. The van der Waals surface area contributed by atoms with Crippen molar-refractivity contribution in [3.05, 3.63) is 40.4 Å². The van der Waals surface area contributed by atoms with Gasteiger partial charge in [0, 0.05) is 24.4 Å². The second kappa shape index (κ2) is 8.28. The highest BCUT2D eigenvalue weighted by Gasteiger charge is 2.27. The number of amides is 2. The van der Waals surface area contributed by atoms with Gasteiger partial charge in [-0.1, -0.05) is 23.5 Å². The van der Waals surface area contributed by atoms with Gasteiger partial charge in [0.2, 0.25) is 5.91 Å². The molecule has 1 fully saturated rings. The third-order valence-electron chi connectivity index (χ3n) is 5.03. The molecule has 2 aliphatic rings. The van der Waals surface area contributed by atoms with E-state index in [1.165, 1.54) is 11.3 Å². The van der Waals surface area contributed by atoms with Crippen molar-refractivity contribution in [3.8, 4) is 5.75 Å². The Bertz CT molecular complexity index is 876. The smallest absolute Gasteiger partial charge is 0.255 e. The highest BCUT2D eigenvalue weighted by atomic mass is 32.1. The summed E-state index contributed by atoms with van der Waals surface area (Å²) in [4.78, 5) is 32.4. The Morgan fingerprint density at radius 2 is 2.32 bits per heavy atom. The van der Waals surface area contributed by atoms with E-state index in [0.29, 0.717) is 37.7 Å². The third kappa shape index (κ3) is 4.18. The molecule has 8 heteroatoms. The van der Waals surface area contributed by atoms with Crippen molar-refractivity contribution in [2.24, 2.45) is 0 Å². The van der Waals surface area contributed by atoms with Gasteiger partial charge in [-0.3, -0.25) is 14.9 Å². The first-order valence-electron chi connectivity index (χ1n) is 9.44. The van der Waals surface area contributed by atoms with Gasteiger partial charge in [0.1, 0.15) is 11.9 Å². The molecule has 28 heavy (non-hydrogen) atoms. The first-order chi connectivity index (χ1) is 13.6. The number of carbonyl (C=O) groups is 2. The molecule has 3 heterocycles. The molecule has 0 radical (unpaired) electrons. The van der Waals surface area contributed by atoms with Crippen LogP contribution in [0.25, 0.3) is 0 Å². The number of benzene rings is 1. The molecule has 1 saturated heterocycles. The predicted molar refractivity (Wildman–Crippen MR) is 106 cm³/mol. The van der Waals surface area contributed by atoms with Gasteiger partial charge in [-0.2, -0.15) is 0 Å². The van der Waals surface area contributed by atoms with Crippen LogP contribution in [0.5, 0.6) is 5.75 Å². The summed E-state index contributed by atoms with van der Waals surface area (Å²) >= 11 is 1.44. The van der Waals surface area contributed by atoms with E-state index in [-0.39, 0.29) is 17.9 Å². The van der Waals surface area contributed by atoms with E-state index >= 15 is 0 Å². The number of anilines is 1. The van der Waals surface area contributed by atoms with Gasteiger partial charge in [-0.25, -0.2) is 4.98 Å². The summed E-state index contributed by atoms with van der Waals surface area (Å²) in [5.74, 6) is 0.701. The van der Waals surface area contributed by atoms with E-state index in [1.54, 1.807) is 7.11 Å². The lowest BCUT2D eigenvalue weighted by Gasteiger charge is -2.26. The van der Waals surface area contributed by atoms with Crippen molar-refractivity contribution in [1.82, 2.24) is 9.88 Å². The van der Waals surface area contributed by atoms with Crippen LogP contribution in [0.4, 0.5) is 5.13 Å². The van der Waals surface area contributed by atoms with Crippen LogP contribution in [-0.4, -0.2) is 48.1 Å². The number of rotatable bonds is 5. The maximum atomic E-state index is 12.7. The van der Waals surface area contributed by atoms with E-state index in [4.69, 9.17) is 9.47 Å². The third-order valence-corrected chi connectivity index (χ3v) is 6.02. The van der Waals surface area contributed by atoms with E-state index in [9.17, 15) is 9.59 Å². The van der Waals surface area contributed by atoms with Gasteiger partial charge in [-0.15, -0.1) is 0 Å². The quantitative estimate of drug-likeness (QED) is 0.832. The lowest BCUT2D eigenvalue weighted by atomic mass is 10.1. The number of ether oxygens (including phenoxy) is 2. The van der Waals surface area contributed by atoms with Crippen molar-refractivity contribution in [1.29, 1.82) is 0 Å². The van der Waals surface area contributed by atoms with Crippen LogP contribution < -0.4 is 10.1 Å². The molecule has 2 aliphatic heterocycles. The molecule has 2 aromatic rings. The maximum absolute atomic E-state index is 12.7. The Labute approximate surface area is 167 Å². The SMILES string of the molecule is COc1cccc(CC(=O)N2CCc3nc(NC(=O)C4CCCO4)sc3C2)c1. The molecule has 0 spiro atoms. The Hall–Kier alpha value is -2.45. The normalized spacial score (nSPS) is 18.6. The average Bonchev–Trinajstić information content (AvgIpc) is 3.37. The molecule has 1 atom stereocenters. The largest absolute Gasteiger partial charge is 0.497 e. The van der Waals surface area contributed by atoms with Gasteiger partial charge in [0.15, 0.2) is 5.13 Å². The second-order valence-corrected chi connectivity index (χ2v) is 8.06. The first-order valence-corrected chi connectivity index (χ1v) is 10.3. The van der Waals surface area contributed by atoms with Crippen LogP contribution in [0.2, 0.25) is 0 Å². The van der Waals surface area contributed by atoms with Crippen molar-refractivity contribution in [3.63, 3.8) is 0 Å². The number of carbonyl (C=O) groups excluding carboxylic acids is 2. The van der Waals surface area contributed by atoms with Crippen LogP contribution in [-0.2, 0) is 33.7 Å². The molecule has 1 N–H and O–H groups in total. The molecule has 2 amide bonds. The van der Waals surface area contributed by atoms with Crippen LogP contribution >= 0.6 is 11.3 Å². The van der Waals surface area contributed by atoms with Crippen molar-refractivity contribution < 1.29 is 19.1 Å². The molecule has 7 nitrogen and oxygen atoms in total. The van der Waals surface area contributed by atoms with Crippen molar-refractivity contribution in [2.45, 2.75) is 38.3 Å². The topological polar surface area (TPSA) is 80.8 Å². The molecule has 0 bridgehead atoms. The number of hydrogen-bond donors (Lipinski definition) is 1. The Morgan fingerprint density at radius 1 is 1.43 bits per heavy atom. The molecular formula is C20H23N3O4S. The van der Waals surface area contributed by atoms with Crippen LogP contribution in [0.1, 0.15) is 29.0 Å². The number of aromatic nitrogens is 1. The number of nitrogens with one attached hydrogen (secondary N) is 1. The monoisotopic (exact) mass is 401 g/mol. The highest BCUT2D eigenvalue weighted by molar-refractivity contribution is 7.15. The van der Waals surface area contributed by atoms with Crippen molar-refractivity contribution >= 4 is 28.3 Å². The number of fused-ring (bicyclic) bond motifs is 1. The Kier molecular flexibility index (Phi) is 5.59. The molecule has 1 unspecified atom stereocenters. The van der Waals surface area contributed by atoms with E-state index < -0.39 is 0 Å². The summed E-state index contributed by atoms with van der Waals surface area (Å²) in [5, 5.41) is 3.45. The fraction of sp³-hybridized carbons (Fsp3) is 0.450. The summed E-state index contributed by atoms with van der Waals surface area (Å²) in [5.41, 5.74) is 1.90. The molecule has 0 aliphatic carbocycles. The standard InChI is InChI=1S/C20H23N3O4S/c1-26-14-5-2-4-13(10-14)11-18(24)23-8-7-15-17(12-23)28-20(21-15)22-19(25)16-6-3-9-27-16/h2,4-5,10,16H,3,6-9,11-12H2,1H3,(H,21,22,25). The predicted octanol–water partition coefficient (Wildman–Crippen LogP) is 2.40. The van der Waals surface area contributed by atoms with E-state index in [1.807, 2.05) is 29.2 Å². The number of thiazole rings is 1. The molecule has 1 aromatic heterocycles. The minimum atomic E-state index is -0.373. The van der Waals surface area contributed by atoms with Gasteiger partial charge < -0.3 is 14.4 Å². The van der Waals surface area contributed by atoms with Gasteiger partial charge in [-0.05, 0) is 30.5 Å². The number of hydrogen-bond acceptors (Lipinski definition) is 6. The zero-order valence-corrected chi connectivity index (χ0v) is 16.6. The minimum Gasteiger partial charge on any atom is -0.497 e. The van der Waals surface area contributed by atoms with Crippen LogP contribution in [0.3, 0.4) is 0 Å². The zero-order valence-electron chi connectivity index (χ0n) is 15.8. The van der Waals surface area contributed by atoms with Crippen molar-refractivity contribution in [2.75, 3.05) is 25.6 Å². The fourth-order valence-corrected chi connectivity index (χ4v) is 4.53. The summed E-state index contributed by atoms with van der Waals surface area (Å²) in [7, 11) is 1.62. The Morgan fingerprint density at radius 3 is 3.11 bits per heavy atom. The zero-order chi connectivity index (χ0) is 19.5. The van der Waals surface area contributed by atoms with Gasteiger partial charge in [0.05, 0.1) is 25.8 Å². The molecular weight excluding hydrogens is 378 g/mol. The average molecular weight is 401 g/mol.